The molecule has 1 aromatic heterocycles. The second kappa shape index (κ2) is 4.33. The van der Waals surface area contributed by atoms with Gasteiger partial charge >= 0.3 is 0 Å². The Labute approximate surface area is 109 Å². The molecule has 2 aliphatic rings. The summed E-state index contributed by atoms with van der Waals surface area (Å²) in [6, 6.07) is 3.49. The molecule has 0 N–H and O–H groups in total. The molecule has 2 heterocycles. The number of amides is 1. The van der Waals surface area contributed by atoms with Crippen molar-refractivity contribution in [2.75, 3.05) is 13.1 Å². The van der Waals surface area contributed by atoms with E-state index >= 15 is 0 Å². The molecule has 90 valence electrons. The van der Waals surface area contributed by atoms with Gasteiger partial charge in [0.15, 0.2) is 10.4 Å². The minimum Gasteiger partial charge on any atom is -0.444 e. The van der Waals surface area contributed by atoms with Crippen LogP contribution in [0.5, 0.6) is 0 Å². The highest BCUT2D eigenvalue weighted by Crippen LogP contribution is 2.33. The summed E-state index contributed by atoms with van der Waals surface area (Å²) >= 11 is 3.22. The molecule has 4 heteroatoms. The second-order valence-corrected chi connectivity index (χ2v) is 5.56. The Hall–Kier alpha value is -1.03. The molecule has 1 amide bonds. The molecule has 0 spiro atoms. The third-order valence-electron chi connectivity index (χ3n) is 3.69. The lowest BCUT2D eigenvalue weighted by atomic mass is 9.86. The maximum absolute atomic E-state index is 12.2. The van der Waals surface area contributed by atoms with E-state index in [0.717, 1.165) is 25.9 Å². The van der Waals surface area contributed by atoms with Crippen LogP contribution in [0.3, 0.4) is 0 Å². The zero-order valence-electron chi connectivity index (χ0n) is 9.43. The number of allylic oxidation sites excluding steroid dienone is 2. The third kappa shape index (κ3) is 2.06. The Morgan fingerprint density at radius 3 is 2.41 bits per heavy atom. The van der Waals surface area contributed by atoms with Crippen molar-refractivity contribution in [3.05, 3.63) is 34.7 Å². The van der Waals surface area contributed by atoms with E-state index in [4.69, 9.17) is 4.42 Å². The monoisotopic (exact) mass is 295 g/mol. The lowest BCUT2D eigenvalue weighted by molar-refractivity contribution is 0.0751. The maximum Gasteiger partial charge on any atom is 0.289 e. The van der Waals surface area contributed by atoms with Gasteiger partial charge in [-0.05, 0) is 52.7 Å². The van der Waals surface area contributed by atoms with Crippen molar-refractivity contribution in [3.8, 4) is 0 Å². The number of halogens is 1. The molecule has 3 rings (SSSR count). The van der Waals surface area contributed by atoms with E-state index in [2.05, 4.69) is 28.1 Å². The first-order valence-electron chi connectivity index (χ1n) is 5.93. The molecule has 3 nitrogen and oxygen atoms in total. The van der Waals surface area contributed by atoms with Gasteiger partial charge < -0.3 is 9.32 Å². The van der Waals surface area contributed by atoms with Crippen LogP contribution in [0, 0.1) is 11.8 Å². The largest absolute Gasteiger partial charge is 0.444 e. The maximum atomic E-state index is 12.2. The van der Waals surface area contributed by atoms with E-state index in [1.54, 1.807) is 12.1 Å². The van der Waals surface area contributed by atoms with Crippen LogP contribution in [0.1, 0.15) is 23.4 Å². The molecule has 0 saturated carbocycles. The van der Waals surface area contributed by atoms with Crippen molar-refractivity contribution >= 4 is 21.8 Å². The molecule has 2 unspecified atom stereocenters. The first kappa shape index (κ1) is 11.1. The van der Waals surface area contributed by atoms with Crippen LogP contribution in [0.4, 0.5) is 0 Å². The van der Waals surface area contributed by atoms with Gasteiger partial charge in [0.25, 0.3) is 5.91 Å². The fourth-order valence-corrected chi connectivity index (χ4v) is 3.07. The normalized spacial score (nSPS) is 27.2. The van der Waals surface area contributed by atoms with Crippen LogP contribution in [-0.2, 0) is 0 Å². The van der Waals surface area contributed by atoms with Gasteiger partial charge in [0.1, 0.15) is 0 Å². The molecule has 1 aliphatic heterocycles. The van der Waals surface area contributed by atoms with Gasteiger partial charge in [0.05, 0.1) is 0 Å². The predicted molar refractivity (Wildman–Crippen MR) is 67.7 cm³/mol. The van der Waals surface area contributed by atoms with Gasteiger partial charge in [-0.1, -0.05) is 12.2 Å². The van der Waals surface area contributed by atoms with Crippen LogP contribution in [-0.4, -0.2) is 23.9 Å². The van der Waals surface area contributed by atoms with Crippen molar-refractivity contribution < 1.29 is 9.21 Å². The Balaban J connectivity index is 1.72. The molecule has 0 aromatic carbocycles. The molecule has 2 atom stereocenters. The average molecular weight is 296 g/mol. The summed E-state index contributed by atoms with van der Waals surface area (Å²) in [6.45, 7) is 1.73. The summed E-state index contributed by atoms with van der Waals surface area (Å²) in [6.07, 6.45) is 6.68. The van der Waals surface area contributed by atoms with Crippen molar-refractivity contribution in [2.45, 2.75) is 12.8 Å². The lowest BCUT2D eigenvalue weighted by Crippen LogP contribution is -2.28. The molecule has 17 heavy (non-hydrogen) atoms. The Kier molecular flexibility index (Phi) is 2.82. The summed E-state index contributed by atoms with van der Waals surface area (Å²) in [5.41, 5.74) is 0. The first-order chi connectivity index (χ1) is 8.24. The number of hydrogen-bond donors (Lipinski definition) is 0. The van der Waals surface area contributed by atoms with Gasteiger partial charge in [0.2, 0.25) is 0 Å². The van der Waals surface area contributed by atoms with Crippen molar-refractivity contribution in [2.24, 2.45) is 11.8 Å². The predicted octanol–water partition coefficient (Wildman–Crippen LogP) is 3.08. The first-order valence-corrected chi connectivity index (χ1v) is 6.73. The SMILES string of the molecule is O=C(c1ccc(Br)o1)N1CC2CC=CCC2C1. The summed E-state index contributed by atoms with van der Waals surface area (Å²) in [4.78, 5) is 14.1. The van der Waals surface area contributed by atoms with Gasteiger partial charge in [-0.15, -0.1) is 0 Å². The quantitative estimate of drug-likeness (QED) is 0.746. The van der Waals surface area contributed by atoms with E-state index in [9.17, 15) is 4.79 Å². The molecule has 0 bridgehead atoms. The number of rotatable bonds is 1. The van der Waals surface area contributed by atoms with Gasteiger partial charge in [-0.3, -0.25) is 4.79 Å². The molecular weight excluding hydrogens is 282 g/mol. The zero-order chi connectivity index (χ0) is 11.8. The summed E-state index contributed by atoms with van der Waals surface area (Å²) < 4.78 is 5.93. The highest BCUT2D eigenvalue weighted by Gasteiger charge is 2.36. The van der Waals surface area contributed by atoms with E-state index in [0.29, 0.717) is 22.3 Å². The fraction of sp³-hybridized carbons (Fsp3) is 0.462. The number of hydrogen-bond acceptors (Lipinski definition) is 2. The van der Waals surface area contributed by atoms with Crippen LogP contribution in [0.25, 0.3) is 0 Å². The smallest absolute Gasteiger partial charge is 0.289 e. The number of carbonyl (C=O) groups excluding carboxylic acids is 1. The molecule has 0 radical (unpaired) electrons. The van der Waals surface area contributed by atoms with Crippen LogP contribution in [0.2, 0.25) is 0 Å². The highest BCUT2D eigenvalue weighted by molar-refractivity contribution is 9.10. The Morgan fingerprint density at radius 2 is 1.88 bits per heavy atom. The Morgan fingerprint density at radius 1 is 1.24 bits per heavy atom. The third-order valence-corrected chi connectivity index (χ3v) is 4.12. The lowest BCUT2D eigenvalue weighted by Gasteiger charge is -2.17. The number of furan rings is 1. The van der Waals surface area contributed by atoms with Crippen LogP contribution in [0.15, 0.2) is 33.4 Å². The van der Waals surface area contributed by atoms with Crippen molar-refractivity contribution in [3.63, 3.8) is 0 Å². The molecular formula is C13H14BrNO2. The van der Waals surface area contributed by atoms with E-state index in [-0.39, 0.29) is 5.91 Å². The van der Waals surface area contributed by atoms with E-state index in [1.165, 1.54) is 0 Å². The van der Waals surface area contributed by atoms with Crippen LogP contribution >= 0.6 is 15.9 Å². The second-order valence-electron chi connectivity index (χ2n) is 4.78. The number of likely N-dealkylation sites (tertiary alicyclic amines) is 1. The Bertz CT molecular complexity index is 450. The molecule has 1 aromatic rings. The zero-order valence-corrected chi connectivity index (χ0v) is 11.0. The minimum atomic E-state index is 0.0186. The summed E-state index contributed by atoms with van der Waals surface area (Å²) in [5.74, 6) is 1.73. The number of nitrogens with zero attached hydrogens (tertiary/aromatic N) is 1. The number of carbonyl (C=O) groups is 1. The summed E-state index contributed by atoms with van der Waals surface area (Å²) in [5, 5.41) is 0. The molecule has 1 aliphatic carbocycles. The standard InChI is InChI=1S/C13H14BrNO2/c14-12-6-5-11(17-12)13(16)15-7-9-3-1-2-4-10(9)8-15/h1-2,5-6,9-10H,3-4,7-8H2. The highest BCUT2D eigenvalue weighted by atomic mass is 79.9. The minimum absolute atomic E-state index is 0.0186. The van der Waals surface area contributed by atoms with Crippen LogP contribution < -0.4 is 0 Å². The van der Waals surface area contributed by atoms with Crippen molar-refractivity contribution in [1.29, 1.82) is 0 Å². The molecule has 1 fully saturated rings. The van der Waals surface area contributed by atoms with Gasteiger partial charge in [0, 0.05) is 13.1 Å². The van der Waals surface area contributed by atoms with E-state index < -0.39 is 0 Å². The van der Waals surface area contributed by atoms with Crippen molar-refractivity contribution in [1.82, 2.24) is 4.90 Å². The summed E-state index contributed by atoms with van der Waals surface area (Å²) in [7, 11) is 0. The average Bonchev–Trinajstić information content (AvgIpc) is 2.93. The van der Waals surface area contributed by atoms with E-state index in [1.807, 2.05) is 4.90 Å². The topological polar surface area (TPSA) is 33.5 Å². The van der Waals surface area contributed by atoms with Gasteiger partial charge in [-0.2, -0.15) is 0 Å². The molecule has 1 saturated heterocycles. The fourth-order valence-electron chi connectivity index (χ4n) is 2.77. The van der Waals surface area contributed by atoms with Gasteiger partial charge in [-0.25, -0.2) is 0 Å². The number of fused-ring (bicyclic) bond motifs is 1.